The predicted octanol–water partition coefficient (Wildman–Crippen LogP) is 1.93. The second-order valence-electron chi connectivity index (χ2n) is 4.50. The Morgan fingerprint density at radius 1 is 1.11 bits per heavy atom. The molecule has 6 heteroatoms. The van der Waals surface area contributed by atoms with Gasteiger partial charge in [0.1, 0.15) is 0 Å². The summed E-state index contributed by atoms with van der Waals surface area (Å²) in [6.07, 6.45) is 0. The van der Waals surface area contributed by atoms with Crippen LogP contribution >= 0.6 is 0 Å². The molecule has 5 N–H and O–H groups in total. The zero-order valence-corrected chi connectivity index (χ0v) is 11.8. The molecule has 0 radical (unpaired) electrons. The number of anilines is 1. The Bertz CT molecular complexity index is 409. The van der Waals surface area contributed by atoms with Gasteiger partial charge in [-0.2, -0.15) is 0 Å². The van der Waals surface area contributed by atoms with Gasteiger partial charge in [-0.25, -0.2) is 9.59 Å². The molecule has 0 atom stereocenters. The van der Waals surface area contributed by atoms with E-state index < -0.39 is 6.03 Å². The number of nitrogens with two attached hydrogens (primary N) is 2. The Labute approximate surface area is 113 Å². The van der Waals surface area contributed by atoms with Crippen LogP contribution in [0.4, 0.5) is 15.3 Å². The second kappa shape index (κ2) is 7.97. The van der Waals surface area contributed by atoms with Gasteiger partial charge < -0.3 is 21.7 Å². The summed E-state index contributed by atoms with van der Waals surface area (Å²) in [5, 5.41) is 2.79. The number of urea groups is 2. The molecule has 0 aliphatic carbocycles. The molecule has 0 unspecified atom stereocenters. The molecular formula is C13H22N4O2. The van der Waals surface area contributed by atoms with Crippen LogP contribution in [0.15, 0.2) is 24.3 Å². The summed E-state index contributed by atoms with van der Waals surface area (Å²) in [5.74, 6) is 0.517. The lowest BCUT2D eigenvalue weighted by molar-refractivity contribution is 0.230. The topological polar surface area (TPSA) is 101 Å². The van der Waals surface area contributed by atoms with Crippen molar-refractivity contribution in [2.45, 2.75) is 19.8 Å². The molecule has 4 amide bonds. The largest absolute Gasteiger partial charge is 0.352 e. The molecule has 0 aliphatic heterocycles. The molecule has 0 aromatic heterocycles. The van der Waals surface area contributed by atoms with E-state index in [0.29, 0.717) is 5.92 Å². The quantitative estimate of drug-likeness (QED) is 0.761. The minimum atomic E-state index is -0.833. The summed E-state index contributed by atoms with van der Waals surface area (Å²) in [6.45, 7) is 4.29. The van der Waals surface area contributed by atoms with Gasteiger partial charge in [-0.15, -0.1) is 0 Å². The van der Waals surface area contributed by atoms with Gasteiger partial charge in [0, 0.05) is 19.8 Å². The molecule has 1 rings (SSSR count). The molecule has 106 valence electrons. The average molecular weight is 266 g/mol. The SMILES string of the molecule is CC(C)c1ccc(NC(=O)N(C)C)cc1.NC(N)=O. The zero-order chi connectivity index (χ0) is 15.0. The number of nitrogens with zero attached hydrogens (tertiary/aromatic N) is 1. The number of benzene rings is 1. The van der Waals surface area contributed by atoms with Crippen molar-refractivity contribution in [1.82, 2.24) is 4.90 Å². The fourth-order valence-corrected chi connectivity index (χ4v) is 1.19. The normalized spacial score (nSPS) is 9.32. The highest BCUT2D eigenvalue weighted by atomic mass is 16.2. The predicted molar refractivity (Wildman–Crippen MR) is 77.0 cm³/mol. The monoisotopic (exact) mass is 266 g/mol. The first kappa shape index (κ1) is 16.8. The van der Waals surface area contributed by atoms with Gasteiger partial charge in [-0.05, 0) is 23.6 Å². The fraction of sp³-hybridized carbons (Fsp3) is 0.385. The summed E-state index contributed by atoms with van der Waals surface area (Å²) in [4.78, 5) is 21.9. The second-order valence-corrected chi connectivity index (χ2v) is 4.50. The molecule has 0 fully saturated rings. The lowest BCUT2D eigenvalue weighted by Crippen LogP contribution is -2.27. The highest BCUT2D eigenvalue weighted by Crippen LogP contribution is 2.17. The minimum absolute atomic E-state index is 0.104. The summed E-state index contributed by atoms with van der Waals surface area (Å²) < 4.78 is 0. The first-order valence-corrected chi connectivity index (χ1v) is 5.87. The van der Waals surface area contributed by atoms with Crippen molar-refractivity contribution in [3.8, 4) is 0 Å². The first-order valence-electron chi connectivity index (χ1n) is 5.87. The van der Waals surface area contributed by atoms with Crippen molar-refractivity contribution in [2.75, 3.05) is 19.4 Å². The maximum Gasteiger partial charge on any atom is 0.321 e. The van der Waals surface area contributed by atoms with Crippen molar-refractivity contribution in [3.05, 3.63) is 29.8 Å². The number of primary amides is 2. The van der Waals surface area contributed by atoms with Crippen LogP contribution in [0, 0.1) is 0 Å². The van der Waals surface area contributed by atoms with E-state index in [1.807, 2.05) is 24.3 Å². The van der Waals surface area contributed by atoms with Gasteiger partial charge in [0.25, 0.3) is 0 Å². The number of amides is 4. The molecule has 1 aromatic rings. The first-order chi connectivity index (χ1) is 8.73. The van der Waals surface area contributed by atoms with Crippen LogP contribution in [0.1, 0.15) is 25.3 Å². The molecule has 0 saturated carbocycles. The molecule has 19 heavy (non-hydrogen) atoms. The van der Waals surface area contributed by atoms with Crippen LogP contribution in [-0.4, -0.2) is 31.1 Å². The molecule has 0 bridgehead atoms. The van der Waals surface area contributed by atoms with E-state index in [-0.39, 0.29) is 6.03 Å². The maximum absolute atomic E-state index is 11.3. The van der Waals surface area contributed by atoms with Crippen LogP contribution in [-0.2, 0) is 0 Å². The van der Waals surface area contributed by atoms with Crippen molar-refractivity contribution < 1.29 is 9.59 Å². The van der Waals surface area contributed by atoms with Crippen LogP contribution < -0.4 is 16.8 Å². The number of carbonyl (C=O) groups excluding carboxylic acids is 2. The van der Waals surface area contributed by atoms with E-state index >= 15 is 0 Å². The van der Waals surface area contributed by atoms with E-state index in [1.165, 1.54) is 10.5 Å². The van der Waals surface area contributed by atoms with Crippen molar-refractivity contribution in [3.63, 3.8) is 0 Å². The van der Waals surface area contributed by atoms with Gasteiger partial charge in [0.05, 0.1) is 0 Å². The van der Waals surface area contributed by atoms with Crippen LogP contribution in [0.2, 0.25) is 0 Å². The Balaban J connectivity index is 0.000000711. The van der Waals surface area contributed by atoms with Crippen LogP contribution in [0.5, 0.6) is 0 Å². The lowest BCUT2D eigenvalue weighted by atomic mass is 10.0. The number of rotatable bonds is 2. The standard InChI is InChI=1S/C12H18N2O.CH4N2O/c1-9(2)10-5-7-11(8-6-10)13-12(15)14(3)4;2-1(3)4/h5-9H,1-4H3,(H,13,15);(H4,2,3,4). The third-order valence-corrected chi connectivity index (χ3v) is 2.23. The van der Waals surface area contributed by atoms with Gasteiger partial charge in [0.2, 0.25) is 0 Å². The van der Waals surface area contributed by atoms with Gasteiger partial charge >= 0.3 is 12.1 Å². The molecule has 0 heterocycles. The summed E-state index contributed by atoms with van der Waals surface area (Å²) in [5.41, 5.74) is 10.6. The average Bonchev–Trinajstić information content (AvgIpc) is 2.28. The minimum Gasteiger partial charge on any atom is -0.352 e. The van der Waals surface area contributed by atoms with E-state index in [9.17, 15) is 4.79 Å². The molecule has 1 aromatic carbocycles. The Hall–Kier alpha value is -2.24. The van der Waals surface area contributed by atoms with E-state index in [2.05, 4.69) is 30.6 Å². The Kier molecular flexibility index (Phi) is 7.03. The van der Waals surface area contributed by atoms with E-state index in [4.69, 9.17) is 4.79 Å². The van der Waals surface area contributed by atoms with E-state index in [0.717, 1.165) is 5.69 Å². The molecular weight excluding hydrogens is 244 g/mol. The van der Waals surface area contributed by atoms with Gasteiger partial charge in [-0.3, -0.25) is 0 Å². The Morgan fingerprint density at radius 3 is 1.84 bits per heavy atom. The highest BCUT2D eigenvalue weighted by molar-refractivity contribution is 5.88. The number of hydrogen-bond acceptors (Lipinski definition) is 2. The summed E-state index contributed by atoms with van der Waals surface area (Å²) >= 11 is 0. The molecule has 0 aliphatic rings. The maximum atomic E-state index is 11.3. The van der Waals surface area contributed by atoms with Gasteiger partial charge in [-0.1, -0.05) is 26.0 Å². The molecule has 6 nitrogen and oxygen atoms in total. The fourth-order valence-electron chi connectivity index (χ4n) is 1.19. The van der Waals surface area contributed by atoms with Crippen LogP contribution in [0.3, 0.4) is 0 Å². The third-order valence-electron chi connectivity index (χ3n) is 2.23. The Morgan fingerprint density at radius 2 is 1.53 bits per heavy atom. The highest BCUT2D eigenvalue weighted by Gasteiger charge is 2.04. The van der Waals surface area contributed by atoms with Gasteiger partial charge in [0.15, 0.2) is 0 Å². The van der Waals surface area contributed by atoms with Crippen molar-refractivity contribution >= 4 is 17.7 Å². The van der Waals surface area contributed by atoms with Crippen molar-refractivity contribution in [1.29, 1.82) is 0 Å². The number of carbonyl (C=O) groups is 2. The molecule has 0 saturated heterocycles. The smallest absolute Gasteiger partial charge is 0.321 e. The lowest BCUT2D eigenvalue weighted by Gasteiger charge is -2.12. The van der Waals surface area contributed by atoms with Crippen molar-refractivity contribution in [2.24, 2.45) is 11.5 Å². The third kappa shape index (κ3) is 7.64. The molecule has 0 spiro atoms. The summed E-state index contributed by atoms with van der Waals surface area (Å²) in [6, 6.07) is 6.99. The number of hydrogen-bond donors (Lipinski definition) is 3. The summed E-state index contributed by atoms with van der Waals surface area (Å²) in [7, 11) is 3.44. The van der Waals surface area contributed by atoms with E-state index in [1.54, 1.807) is 14.1 Å². The number of nitrogens with one attached hydrogen (secondary N) is 1. The zero-order valence-electron chi connectivity index (χ0n) is 11.8. The van der Waals surface area contributed by atoms with Crippen LogP contribution in [0.25, 0.3) is 0 Å².